The van der Waals surface area contributed by atoms with E-state index >= 15 is 0 Å². The van der Waals surface area contributed by atoms with Gasteiger partial charge in [-0.1, -0.05) is 0 Å². The first kappa shape index (κ1) is 47.0. The maximum atomic E-state index is 8.88. The van der Waals surface area contributed by atoms with Crippen molar-refractivity contribution in [1.82, 2.24) is 0 Å². The Hall–Kier alpha value is 3.51. The van der Waals surface area contributed by atoms with Gasteiger partial charge in [-0.15, -0.1) is 24.8 Å². The zero-order valence-corrected chi connectivity index (χ0v) is 13.6. The summed E-state index contributed by atoms with van der Waals surface area (Å²) in [4.78, 5) is 21.6. The van der Waals surface area contributed by atoms with Crippen molar-refractivity contribution in [3.05, 3.63) is 0 Å². The van der Waals surface area contributed by atoms with Gasteiger partial charge in [0.25, 0.3) is 0 Å². The fourth-order valence-corrected chi connectivity index (χ4v) is 0. The van der Waals surface area contributed by atoms with E-state index in [0.29, 0.717) is 0 Å². The molecule has 0 unspecified atom stereocenters. The first-order chi connectivity index (χ1) is 2.00. The summed E-state index contributed by atoms with van der Waals surface area (Å²) in [5, 5.41) is 0. The third kappa shape index (κ3) is 145. The topological polar surface area (TPSA) is 141 Å². The monoisotopic (exact) mass is 288 g/mol. The first-order valence-electron chi connectivity index (χ1n) is 0.783. The van der Waals surface area contributed by atoms with Gasteiger partial charge in [0.1, 0.15) is 0 Å². The van der Waals surface area contributed by atoms with E-state index in [0.717, 1.165) is 0 Å². The summed E-state index contributed by atoms with van der Waals surface area (Å²) in [6.45, 7) is 0. The minimum atomic E-state index is -4.64. The molecule has 0 atom stereocenters. The van der Waals surface area contributed by atoms with Gasteiger partial charge in [0.05, 0.1) is 0 Å². The molecule has 11 heteroatoms. The predicted molar refractivity (Wildman–Crippen MR) is 45.1 cm³/mol. The molecule has 0 aromatic rings. The van der Waals surface area contributed by atoms with E-state index in [4.69, 9.17) is 19.2 Å². The average molecular weight is 289 g/mol. The van der Waals surface area contributed by atoms with Crippen molar-refractivity contribution in [2.75, 3.05) is 0 Å². The molecule has 0 saturated heterocycles. The van der Waals surface area contributed by atoms with Crippen molar-refractivity contribution in [2.24, 2.45) is 0 Å². The number of halogens is 2. The molecule has 11 heavy (non-hydrogen) atoms. The minimum Gasteiger partial charge on any atom is -1.00 e. The summed E-state index contributed by atoms with van der Waals surface area (Å²) in [7, 11) is -4.64. The van der Waals surface area contributed by atoms with Gasteiger partial charge < -0.3 is 29.9 Å². The van der Waals surface area contributed by atoms with Gasteiger partial charge in [-0.05, 0) is 0 Å². The van der Waals surface area contributed by atoms with Crippen molar-refractivity contribution < 1.29 is 85.9 Å². The van der Waals surface area contributed by atoms with Crippen molar-refractivity contribution in [3.63, 3.8) is 0 Å². The third-order valence-corrected chi connectivity index (χ3v) is 0. The van der Waals surface area contributed by atoms with Crippen LogP contribution in [-0.4, -0.2) is 63.4 Å². The minimum absolute atomic E-state index is 0. The molecule has 0 fully saturated rings. The summed E-state index contributed by atoms with van der Waals surface area (Å²) in [5.74, 6) is 0. The molecule has 0 aliphatic carbocycles. The van der Waals surface area contributed by atoms with Crippen molar-refractivity contribution >= 4 is 70.4 Å². The Labute approximate surface area is 153 Å². The first-order valence-corrected chi connectivity index (χ1v) is 2.35. The molecule has 0 aliphatic heterocycles. The fraction of sp³-hybridized carbons (Fsp3) is 0. The van der Waals surface area contributed by atoms with E-state index in [1.807, 2.05) is 0 Å². The smallest absolute Gasteiger partial charge is 1.00 e. The molecule has 0 amide bonds. The standard InChI is InChI=1S/Ca.2ClH.K.H3O4P.2H2O.3H/c;;;;1-5(2,3)4;;;;;/h;2*1H;;(H3,1,2,3,4);2*1H2;;;/q+2;;;+1;;;;3*-1. The maximum Gasteiger partial charge on any atom is 2.00 e. The molecule has 0 bridgehead atoms. The molecule has 0 aliphatic rings. The second-order valence-corrected chi connectivity index (χ2v) is 1.54. The van der Waals surface area contributed by atoms with Crippen molar-refractivity contribution in [3.8, 4) is 0 Å². The SMILES string of the molecule is Cl.Cl.O.O.O=P(O)(O)O.[Ca+2].[H-].[H-].[H-].[K+]. The van der Waals surface area contributed by atoms with Gasteiger partial charge in [-0.3, -0.25) is 0 Å². The summed E-state index contributed by atoms with van der Waals surface area (Å²) >= 11 is 0. The second-order valence-electron chi connectivity index (χ2n) is 0.513. The van der Waals surface area contributed by atoms with Gasteiger partial charge in [0, 0.05) is 0 Å². The van der Waals surface area contributed by atoms with Gasteiger partial charge in [-0.25, -0.2) is 4.57 Å². The van der Waals surface area contributed by atoms with Gasteiger partial charge in [0.2, 0.25) is 0 Å². The molecular weight excluding hydrogens is 277 g/mol. The van der Waals surface area contributed by atoms with Crippen LogP contribution in [0, 0.1) is 0 Å². The normalized spacial score (nSPS) is 5.36. The molecule has 0 radical (unpaired) electrons. The zero-order valence-electron chi connectivity index (χ0n) is 8.72. The van der Waals surface area contributed by atoms with Crippen LogP contribution in [0.2, 0.25) is 0 Å². The summed E-state index contributed by atoms with van der Waals surface area (Å²) in [5.41, 5.74) is 0. The third-order valence-electron chi connectivity index (χ3n) is 0. The number of hydrogen-bond donors (Lipinski definition) is 3. The van der Waals surface area contributed by atoms with Crippen LogP contribution in [0.3, 0.4) is 0 Å². The Bertz CT molecular complexity index is 77.2. The molecule has 0 aromatic carbocycles. The Morgan fingerprint density at radius 3 is 1.00 bits per heavy atom. The van der Waals surface area contributed by atoms with Crippen LogP contribution in [0.15, 0.2) is 0 Å². The molecule has 0 rings (SSSR count). The summed E-state index contributed by atoms with van der Waals surface area (Å²) in [6, 6.07) is 0. The largest absolute Gasteiger partial charge is 2.00 e. The van der Waals surface area contributed by atoms with Crippen LogP contribution in [0.1, 0.15) is 4.28 Å². The molecule has 7 N–H and O–H groups in total. The average Bonchev–Trinajstić information content (AvgIpc) is 0.722. The second kappa shape index (κ2) is 23.4. The summed E-state index contributed by atoms with van der Waals surface area (Å²) in [6.07, 6.45) is 0. The molecule has 0 spiro atoms. The summed E-state index contributed by atoms with van der Waals surface area (Å²) < 4.78 is 8.88. The Morgan fingerprint density at radius 1 is 1.00 bits per heavy atom. The number of phosphoric acid groups is 1. The maximum absolute atomic E-state index is 8.88. The molecule has 70 valence electrons. The van der Waals surface area contributed by atoms with E-state index < -0.39 is 7.82 Å². The predicted octanol–water partition coefficient (Wildman–Crippen LogP) is -4.77. The van der Waals surface area contributed by atoms with Crippen LogP contribution in [0.4, 0.5) is 0 Å². The van der Waals surface area contributed by atoms with Gasteiger partial charge >= 0.3 is 96.9 Å². The molecule has 0 saturated carbocycles. The van der Waals surface area contributed by atoms with E-state index in [-0.39, 0.29) is 129 Å². The van der Waals surface area contributed by atoms with Crippen LogP contribution in [0.5, 0.6) is 0 Å². The Kier molecular flexibility index (Phi) is 99.8. The fourth-order valence-electron chi connectivity index (χ4n) is 0. The van der Waals surface area contributed by atoms with Crippen molar-refractivity contribution in [1.29, 1.82) is 0 Å². The van der Waals surface area contributed by atoms with E-state index in [2.05, 4.69) is 0 Å². The van der Waals surface area contributed by atoms with Crippen LogP contribution in [-0.2, 0) is 4.57 Å². The van der Waals surface area contributed by atoms with E-state index in [1.54, 1.807) is 0 Å². The van der Waals surface area contributed by atoms with Crippen molar-refractivity contribution in [2.45, 2.75) is 0 Å². The van der Waals surface area contributed by atoms with Gasteiger partial charge in [0.15, 0.2) is 0 Å². The van der Waals surface area contributed by atoms with Crippen LogP contribution < -0.4 is 51.4 Å². The zero-order chi connectivity index (χ0) is 4.50. The van der Waals surface area contributed by atoms with E-state index in [1.165, 1.54) is 0 Å². The quantitative estimate of drug-likeness (QED) is 0.304. The van der Waals surface area contributed by atoms with E-state index in [9.17, 15) is 0 Å². The molecule has 6 nitrogen and oxygen atoms in total. The van der Waals surface area contributed by atoms with Gasteiger partial charge in [-0.2, -0.15) is 0 Å². The Balaban J connectivity index is -0.00000000222. The number of rotatable bonds is 0. The molecule has 0 aromatic heterocycles. The molecular formula is H12CaCl2KO6P. The number of hydrogen-bond acceptors (Lipinski definition) is 1. The molecule has 0 heterocycles. The van der Waals surface area contributed by atoms with Crippen LogP contribution in [0.25, 0.3) is 0 Å². The van der Waals surface area contributed by atoms with Crippen LogP contribution >= 0.6 is 32.6 Å². The Morgan fingerprint density at radius 2 is 1.00 bits per heavy atom.